The number of halogens is 5. The molecule has 5 rings (SSSR count). The molecule has 2 atom stereocenters. The van der Waals surface area contributed by atoms with Crippen LogP contribution in [-0.2, 0) is 13.0 Å². The summed E-state index contributed by atoms with van der Waals surface area (Å²) < 4.78 is 31.0. The molecule has 8 nitrogen and oxygen atoms in total. The summed E-state index contributed by atoms with van der Waals surface area (Å²) in [5.41, 5.74) is 2.21. The van der Waals surface area contributed by atoms with Gasteiger partial charge in [0.2, 0.25) is 0 Å². The summed E-state index contributed by atoms with van der Waals surface area (Å²) in [4.78, 5) is 10.8. The number of aliphatic hydroxyl groups excluding tert-OH is 1. The third-order valence-corrected chi connectivity index (χ3v) is 6.51. The van der Waals surface area contributed by atoms with Crippen molar-refractivity contribution in [2.24, 2.45) is 0 Å². The topological polar surface area (TPSA) is 89.0 Å². The summed E-state index contributed by atoms with van der Waals surface area (Å²) in [6.45, 7) is 3.61. The smallest absolute Gasteiger partial charge is 0.179 e. The number of aliphatic hydroxyl groups is 1. The molecule has 4 heterocycles. The average molecular weight is 614 g/mol. The molecule has 1 saturated heterocycles. The largest absolute Gasteiger partial charge is 0.497 e. The zero-order valence-corrected chi connectivity index (χ0v) is 24.1. The number of aromatic nitrogens is 2. The standard InChI is InChI=1S/C25H29FN4O4.4ClH/c1-32-17-2-3-21-19(11-17)18(20(26)13-29-21)4-6-30-7-5-22(23(31)15-30)28-12-16-10-24-25(14-27-16)34-9-8-33-24;;;;/h2-3,10-11,13-14,22-23,28,31H,4-9,12,15H2,1H3;4*1H. The first-order valence-corrected chi connectivity index (χ1v) is 11.6. The van der Waals surface area contributed by atoms with E-state index in [4.69, 9.17) is 14.2 Å². The molecule has 0 radical (unpaired) electrons. The number of fused-ring (bicyclic) bond motifs is 2. The fourth-order valence-corrected chi connectivity index (χ4v) is 4.61. The van der Waals surface area contributed by atoms with E-state index in [-0.39, 0.29) is 61.5 Å². The number of hydrogen-bond acceptors (Lipinski definition) is 8. The number of pyridine rings is 2. The lowest BCUT2D eigenvalue weighted by Crippen LogP contribution is -2.52. The number of rotatable bonds is 7. The van der Waals surface area contributed by atoms with Gasteiger partial charge in [0, 0.05) is 42.7 Å². The summed E-state index contributed by atoms with van der Waals surface area (Å²) in [6.07, 6.45) is 3.76. The molecule has 2 aliphatic rings. The highest BCUT2D eigenvalue weighted by Crippen LogP contribution is 2.29. The van der Waals surface area contributed by atoms with Gasteiger partial charge in [-0.3, -0.25) is 9.97 Å². The van der Waals surface area contributed by atoms with E-state index in [0.29, 0.717) is 62.1 Å². The van der Waals surface area contributed by atoms with Gasteiger partial charge in [0.1, 0.15) is 24.8 Å². The van der Waals surface area contributed by atoms with Gasteiger partial charge in [-0.15, -0.1) is 49.6 Å². The van der Waals surface area contributed by atoms with Crippen molar-refractivity contribution in [3.63, 3.8) is 0 Å². The fourth-order valence-electron chi connectivity index (χ4n) is 4.61. The van der Waals surface area contributed by atoms with Crippen LogP contribution >= 0.6 is 49.6 Å². The van der Waals surface area contributed by atoms with Crippen LogP contribution in [0, 0.1) is 5.82 Å². The number of β-amino-alcohol motifs (C(OH)–C–C–N with tert-alkyl or cyclic N) is 1. The maximum Gasteiger partial charge on any atom is 0.179 e. The van der Waals surface area contributed by atoms with E-state index >= 15 is 0 Å². The van der Waals surface area contributed by atoms with E-state index in [9.17, 15) is 9.50 Å². The van der Waals surface area contributed by atoms with Gasteiger partial charge < -0.3 is 29.5 Å². The molecular formula is C25H33Cl4FN4O4. The summed E-state index contributed by atoms with van der Waals surface area (Å²) >= 11 is 0. The summed E-state index contributed by atoms with van der Waals surface area (Å²) in [6, 6.07) is 7.35. The fraction of sp³-hybridized carbons (Fsp3) is 0.440. The minimum atomic E-state index is -0.523. The van der Waals surface area contributed by atoms with Crippen LogP contribution in [0.1, 0.15) is 17.7 Å². The van der Waals surface area contributed by atoms with Gasteiger partial charge in [-0.05, 0) is 37.6 Å². The Labute approximate surface area is 246 Å². The van der Waals surface area contributed by atoms with Gasteiger partial charge in [-0.2, -0.15) is 0 Å². The Kier molecular flexibility index (Phi) is 14.1. The molecule has 2 N–H and O–H groups in total. The lowest BCUT2D eigenvalue weighted by Gasteiger charge is -2.36. The maximum atomic E-state index is 14.6. The van der Waals surface area contributed by atoms with Crippen LogP contribution in [0.2, 0.25) is 0 Å². The van der Waals surface area contributed by atoms with E-state index < -0.39 is 6.10 Å². The Morgan fingerprint density at radius 1 is 1.08 bits per heavy atom. The lowest BCUT2D eigenvalue weighted by atomic mass is 10.00. The number of methoxy groups -OCH3 is 1. The third kappa shape index (κ3) is 7.85. The third-order valence-electron chi connectivity index (χ3n) is 6.51. The highest BCUT2D eigenvalue weighted by molar-refractivity contribution is 5.86. The molecule has 0 bridgehead atoms. The molecule has 2 aromatic heterocycles. The van der Waals surface area contributed by atoms with Gasteiger partial charge in [0.15, 0.2) is 11.5 Å². The number of benzene rings is 1. The molecule has 0 amide bonds. The molecule has 212 valence electrons. The van der Waals surface area contributed by atoms with E-state index in [2.05, 4.69) is 20.2 Å². The summed E-state index contributed by atoms with van der Waals surface area (Å²) in [5.74, 6) is 1.74. The van der Waals surface area contributed by atoms with Gasteiger partial charge in [-0.1, -0.05) is 0 Å². The van der Waals surface area contributed by atoms with Crippen molar-refractivity contribution in [1.82, 2.24) is 20.2 Å². The molecular weight excluding hydrogens is 581 g/mol. The Hall–Kier alpha value is -1.85. The summed E-state index contributed by atoms with van der Waals surface area (Å²) in [7, 11) is 1.59. The molecule has 13 heteroatoms. The van der Waals surface area contributed by atoms with Crippen molar-refractivity contribution in [3.05, 3.63) is 53.7 Å². The molecule has 2 unspecified atom stereocenters. The first-order chi connectivity index (χ1) is 16.6. The second kappa shape index (κ2) is 15.7. The summed E-state index contributed by atoms with van der Waals surface area (Å²) in [5, 5.41) is 14.9. The van der Waals surface area contributed by atoms with Gasteiger partial charge in [0.25, 0.3) is 0 Å². The van der Waals surface area contributed by atoms with Crippen LogP contribution in [0.15, 0.2) is 36.7 Å². The van der Waals surface area contributed by atoms with Gasteiger partial charge in [-0.25, -0.2) is 4.39 Å². The van der Waals surface area contributed by atoms with Gasteiger partial charge in [0.05, 0.1) is 36.8 Å². The normalized spacial score (nSPS) is 18.3. The van der Waals surface area contributed by atoms with Crippen molar-refractivity contribution >= 4 is 60.5 Å². The molecule has 2 aliphatic heterocycles. The van der Waals surface area contributed by atoms with Crippen LogP contribution in [0.4, 0.5) is 4.39 Å². The van der Waals surface area contributed by atoms with Crippen molar-refractivity contribution in [2.45, 2.75) is 31.5 Å². The predicted octanol–water partition coefficient (Wildman–Crippen LogP) is 4.00. The first-order valence-electron chi connectivity index (χ1n) is 11.6. The van der Waals surface area contributed by atoms with Crippen LogP contribution in [0.5, 0.6) is 17.2 Å². The quantitative estimate of drug-likeness (QED) is 0.413. The second-order valence-electron chi connectivity index (χ2n) is 8.68. The highest BCUT2D eigenvalue weighted by Gasteiger charge is 2.27. The van der Waals surface area contributed by atoms with E-state index in [1.165, 1.54) is 6.20 Å². The molecule has 3 aromatic rings. The number of nitrogens with one attached hydrogen (secondary N) is 1. The van der Waals surface area contributed by atoms with Gasteiger partial charge >= 0.3 is 0 Å². The molecule has 1 fully saturated rings. The van der Waals surface area contributed by atoms with Crippen molar-refractivity contribution in [3.8, 4) is 17.2 Å². The average Bonchev–Trinajstić information content (AvgIpc) is 2.87. The zero-order chi connectivity index (χ0) is 23.5. The monoisotopic (exact) mass is 612 g/mol. The molecule has 0 spiro atoms. The van der Waals surface area contributed by atoms with Crippen LogP contribution < -0.4 is 19.5 Å². The number of piperidine rings is 1. The molecule has 38 heavy (non-hydrogen) atoms. The highest BCUT2D eigenvalue weighted by atomic mass is 35.5. The van der Waals surface area contributed by atoms with E-state index in [1.54, 1.807) is 13.3 Å². The lowest BCUT2D eigenvalue weighted by molar-refractivity contribution is 0.0402. The number of ether oxygens (including phenoxy) is 3. The minimum absolute atomic E-state index is 0. The van der Waals surface area contributed by atoms with Crippen LogP contribution in [0.3, 0.4) is 0 Å². The van der Waals surface area contributed by atoms with E-state index in [0.717, 1.165) is 29.6 Å². The number of nitrogens with zero attached hydrogens (tertiary/aromatic N) is 3. The Balaban J connectivity index is 0.00000180. The van der Waals surface area contributed by atoms with Crippen molar-refractivity contribution in [2.75, 3.05) is 40.0 Å². The molecule has 0 saturated carbocycles. The van der Waals surface area contributed by atoms with Crippen molar-refractivity contribution < 1.29 is 23.7 Å². The Bertz CT molecular complexity index is 1180. The maximum absolute atomic E-state index is 14.6. The first kappa shape index (κ1) is 34.2. The van der Waals surface area contributed by atoms with E-state index in [1.807, 2.05) is 24.3 Å². The Morgan fingerprint density at radius 3 is 2.58 bits per heavy atom. The SMILES string of the molecule is COc1ccc2ncc(F)c(CCN3CCC(NCc4cc5c(cn4)OCCO5)C(O)C3)c2c1.Cl.Cl.Cl.Cl. The zero-order valence-electron chi connectivity index (χ0n) is 20.8. The molecule has 0 aliphatic carbocycles. The second-order valence-corrected chi connectivity index (χ2v) is 8.68. The van der Waals surface area contributed by atoms with Crippen LogP contribution in [0.25, 0.3) is 10.9 Å². The van der Waals surface area contributed by atoms with Crippen LogP contribution in [-0.4, -0.2) is 72.1 Å². The number of likely N-dealkylation sites (tertiary alicyclic amines) is 1. The molecule has 1 aromatic carbocycles. The Morgan fingerprint density at radius 2 is 1.84 bits per heavy atom. The predicted molar refractivity (Wildman–Crippen MR) is 154 cm³/mol. The van der Waals surface area contributed by atoms with Crippen molar-refractivity contribution in [1.29, 1.82) is 0 Å². The minimum Gasteiger partial charge on any atom is -0.497 e. The number of hydrogen-bond donors (Lipinski definition) is 2.